The molecule has 0 radical (unpaired) electrons. The lowest BCUT2D eigenvalue weighted by Gasteiger charge is -2.14. The van der Waals surface area contributed by atoms with Crippen LogP contribution < -0.4 is 4.72 Å². The zero-order valence-electron chi connectivity index (χ0n) is 12.4. The van der Waals surface area contributed by atoms with Gasteiger partial charge in [0.05, 0.1) is 28.3 Å². The third kappa shape index (κ3) is 4.72. The van der Waals surface area contributed by atoms with Crippen LogP contribution in [0, 0.1) is 6.92 Å². The zero-order valence-corrected chi connectivity index (χ0v) is 13.2. The molecule has 138 valence electrons. The number of sulfonamides is 1. The van der Waals surface area contributed by atoms with Crippen LogP contribution in [0.3, 0.4) is 0 Å². The Morgan fingerprint density at radius 1 is 1.00 bits per heavy atom. The van der Waals surface area contributed by atoms with Gasteiger partial charge in [-0.3, -0.25) is 0 Å². The number of hydrogen-bond acceptors (Lipinski definition) is 4. The summed E-state index contributed by atoms with van der Waals surface area (Å²) < 4.78 is 107. The fraction of sp³-hybridized carbons (Fsp3) is 0.308. The lowest BCUT2D eigenvalue weighted by atomic mass is 10.1. The van der Waals surface area contributed by atoms with E-state index in [4.69, 9.17) is 0 Å². The first-order chi connectivity index (χ1) is 11.3. The molecule has 2 rings (SSSR count). The molecule has 5 nitrogen and oxygen atoms in total. The van der Waals surface area contributed by atoms with Gasteiger partial charge >= 0.3 is 12.4 Å². The lowest BCUT2D eigenvalue weighted by molar-refractivity contribution is -0.143. The Morgan fingerprint density at radius 3 is 1.92 bits per heavy atom. The highest BCUT2D eigenvalue weighted by molar-refractivity contribution is 7.89. The number of hydrogen-bond donors (Lipinski definition) is 1. The second-order valence-electron chi connectivity index (χ2n) is 5.00. The largest absolute Gasteiger partial charge is 0.416 e. The van der Waals surface area contributed by atoms with Gasteiger partial charge in [0, 0.05) is 6.07 Å². The molecule has 2 aromatic rings. The molecule has 12 heteroatoms. The van der Waals surface area contributed by atoms with E-state index in [2.05, 4.69) is 9.68 Å². The Hall–Kier alpha value is -2.08. The molecule has 0 fully saturated rings. The van der Waals surface area contributed by atoms with Crippen LogP contribution in [0.1, 0.15) is 22.6 Å². The highest BCUT2D eigenvalue weighted by Crippen LogP contribution is 2.37. The van der Waals surface area contributed by atoms with Gasteiger partial charge in [0.15, 0.2) is 0 Å². The van der Waals surface area contributed by atoms with Crippen molar-refractivity contribution in [3.05, 3.63) is 46.8 Å². The minimum atomic E-state index is -5.14. The highest BCUT2D eigenvalue weighted by Gasteiger charge is 2.38. The predicted molar refractivity (Wildman–Crippen MR) is 71.7 cm³/mol. The first kappa shape index (κ1) is 19.2. The molecule has 1 N–H and O–H groups in total. The van der Waals surface area contributed by atoms with Gasteiger partial charge in [-0.1, -0.05) is 5.16 Å². The molecule has 0 amide bonds. The van der Waals surface area contributed by atoms with E-state index in [0.29, 0.717) is 5.76 Å². The maximum absolute atomic E-state index is 12.8. The summed E-state index contributed by atoms with van der Waals surface area (Å²) in [5, 5.41) is 3.46. The molecule has 1 heterocycles. The van der Waals surface area contributed by atoms with Crippen molar-refractivity contribution in [1.82, 2.24) is 9.88 Å². The van der Waals surface area contributed by atoms with Crippen LogP contribution in [0.4, 0.5) is 26.3 Å². The fourth-order valence-electron chi connectivity index (χ4n) is 1.84. The third-order valence-corrected chi connectivity index (χ3v) is 4.37. The quantitative estimate of drug-likeness (QED) is 0.814. The molecule has 25 heavy (non-hydrogen) atoms. The summed E-state index contributed by atoms with van der Waals surface area (Å²) in [6, 6.07) is 1.47. The Labute approximate surface area is 137 Å². The Kier molecular flexibility index (Phi) is 4.88. The van der Waals surface area contributed by atoms with Crippen molar-refractivity contribution >= 4 is 10.0 Å². The summed E-state index contributed by atoms with van der Waals surface area (Å²) >= 11 is 0. The Balaban J connectivity index is 2.41. The van der Waals surface area contributed by atoms with E-state index >= 15 is 0 Å². The number of aromatic nitrogens is 1. The molecule has 0 aliphatic carbocycles. The minimum absolute atomic E-state index is 0.115. The molecule has 1 aromatic carbocycles. The summed E-state index contributed by atoms with van der Waals surface area (Å²) in [5.74, 6) is 0.354. The standard InChI is InChI=1S/C13H10F6N2O3S/c1-7-2-10(21-24-7)6-20-25(22,23)11-4-8(12(14,15)16)3-9(5-11)13(17,18)19/h2-5,20H,6H2,1H3. The van der Waals surface area contributed by atoms with Crippen molar-refractivity contribution in [2.24, 2.45) is 0 Å². The van der Waals surface area contributed by atoms with E-state index in [1.165, 1.54) is 13.0 Å². The maximum Gasteiger partial charge on any atom is 0.416 e. The molecule has 0 saturated carbocycles. The van der Waals surface area contributed by atoms with Crippen LogP contribution in [0.5, 0.6) is 0 Å². The van der Waals surface area contributed by atoms with E-state index in [1.54, 1.807) is 0 Å². The molecule has 1 aromatic heterocycles. The van der Waals surface area contributed by atoms with E-state index < -0.39 is 44.9 Å². The van der Waals surface area contributed by atoms with Gasteiger partial charge in [-0.25, -0.2) is 13.1 Å². The zero-order chi connectivity index (χ0) is 19.0. The summed E-state index contributed by atoms with van der Waals surface area (Å²) in [4.78, 5) is -1.16. The van der Waals surface area contributed by atoms with Crippen molar-refractivity contribution < 1.29 is 39.3 Å². The highest BCUT2D eigenvalue weighted by atomic mass is 32.2. The number of alkyl halides is 6. The van der Waals surface area contributed by atoms with Crippen LogP contribution in [-0.4, -0.2) is 13.6 Å². The van der Waals surface area contributed by atoms with Crippen LogP contribution in [-0.2, 0) is 28.9 Å². The number of rotatable bonds is 4. The van der Waals surface area contributed by atoms with Gasteiger partial charge < -0.3 is 4.52 Å². The number of benzene rings is 1. The topological polar surface area (TPSA) is 72.2 Å². The first-order valence-electron chi connectivity index (χ1n) is 6.50. The molecule has 0 spiro atoms. The minimum Gasteiger partial charge on any atom is -0.361 e. The molecule has 0 aliphatic rings. The summed E-state index contributed by atoms with van der Waals surface area (Å²) in [6.45, 7) is 1.06. The number of nitrogens with one attached hydrogen (secondary N) is 1. The van der Waals surface area contributed by atoms with Crippen molar-refractivity contribution in [2.45, 2.75) is 30.7 Å². The molecular formula is C13H10F6N2O3S. The van der Waals surface area contributed by atoms with Crippen molar-refractivity contribution in [3.8, 4) is 0 Å². The second kappa shape index (κ2) is 6.33. The van der Waals surface area contributed by atoms with Gasteiger partial charge in [0.1, 0.15) is 5.76 Å². The van der Waals surface area contributed by atoms with E-state index in [0.717, 1.165) is 0 Å². The Bertz CT molecular complexity index is 838. The lowest BCUT2D eigenvalue weighted by Crippen LogP contribution is -2.24. The van der Waals surface area contributed by atoms with E-state index in [9.17, 15) is 34.8 Å². The molecule has 0 bridgehead atoms. The number of halogens is 6. The fourth-order valence-corrected chi connectivity index (χ4v) is 2.90. The van der Waals surface area contributed by atoms with E-state index in [1.807, 2.05) is 4.72 Å². The first-order valence-corrected chi connectivity index (χ1v) is 7.99. The second-order valence-corrected chi connectivity index (χ2v) is 6.76. The number of nitrogens with zero attached hydrogens (tertiary/aromatic N) is 1. The normalized spacial score (nSPS) is 13.2. The molecule has 0 saturated heterocycles. The SMILES string of the molecule is Cc1cc(CNS(=O)(=O)c2cc(C(F)(F)F)cc(C(F)(F)F)c2)no1. The third-order valence-electron chi connectivity index (χ3n) is 2.99. The average molecular weight is 388 g/mol. The number of aryl methyl sites for hydroxylation is 1. The van der Waals surface area contributed by atoms with Crippen molar-refractivity contribution in [2.75, 3.05) is 0 Å². The van der Waals surface area contributed by atoms with Gasteiger partial charge in [-0.2, -0.15) is 26.3 Å². The smallest absolute Gasteiger partial charge is 0.361 e. The van der Waals surface area contributed by atoms with Crippen molar-refractivity contribution in [1.29, 1.82) is 0 Å². The summed E-state index contributed by atoms with van der Waals surface area (Å²) in [7, 11) is -4.65. The van der Waals surface area contributed by atoms with E-state index in [-0.39, 0.29) is 23.9 Å². The van der Waals surface area contributed by atoms with Gasteiger partial charge in [-0.05, 0) is 25.1 Å². The van der Waals surface area contributed by atoms with Crippen LogP contribution in [0.2, 0.25) is 0 Å². The van der Waals surface area contributed by atoms with Gasteiger partial charge in [0.25, 0.3) is 0 Å². The molecular weight excluding hydrogens is 378 g/mol. The van der Waals surface area contributed by atoms with Gasteiger partial charge in [0.2, 0.25) is 10.0 Å². The predicted octanol–water partition coefficient (Wildman–Crippen LogP) is 3.50. The van der Waals surface area contributed by atoms with Crippen molar-refractivity contribution in [3.63, 3.8) is 0 Å². The Morgan fingerprint density at radius 2 is 1.52 bits per heavy atom. The summed E-state index contributed by atoms with van der Waals surface area (Å²) in [6.07, 6.45) is -10.3. The van der Waals surface area contributed by atoms with Crippen LogP contribution >= 0.6 is 0 Å². The molecule has 0 aliphatic heterocycles. The molecule has 0 unspecified atom stereocenters. The van der Waals surface area contributed by atoms with Crippen LogP contribution in [0.15, 0.2) is 33.7 Å². The maximum atomic E-state index is 12.8. The molecule has 0 atom stereocenters. The monoisotopic (exact) mass is 388 g/mol. The van der Waals surface area contributed by atoms with Crippen LogP contribution in [0.25, 0.3) is 0 Å². The average Bonchev–Trinajstić information content (AvgIpc) is 2.89. The summed E-state index contributed by atoms with van der Waals surface area (Å²) in [5.41, 5.74) is -3.33. The van der Waals surface area contributed by atoms with Gasteiger partial charge in [-0.15, -0.1) is 0 Å².